The molecule has 2 aromatic rings. The summed E-state index contributed by atoms with van der Waals surface area (Å²) < 4.78 is 16.5. The average Bonchev–Trinajstić information content (AvgIpc) is 2.46. The Morgan fingerprint density at radius 2 is 1.73 bits per heavy atom. The molecule has 0 radical (unpaired) electrons. The molecule has 1 aliphatic rings. The van der Waals surface area contributed by atoms with Gasteiger partial charge in [-0.05, 0) is 29.8 Å². The number of rotatable bonds is 3. The first-order chi connectivity index (χ1) is 10.5. The Balaban J connectivity index is 1.85. The van der Waals surface area contributed by atoms with E-state index in [0.717, 1.165) is 5.56 Å². The molecule has 1 N–H and O–H groups in total. The van der Waals surface area contributed by atoms with E-state index in [9.17, 15) is 4.79 Å². The SMILES string of the molecule is CC1(C)OC(=O)c2ccc(Oc3ccc(CO)cc3)cc2O1. The van der Waals surface area contributed by atoms with Crippen LogP contribution < -0.4 is 9.47 Å². The predicted molar refractivity (Wildman–Crippen MR) is 79.0 cm³/mol. The summed E-state index contributed by atoms with van der Waals surface area (Å²) in [5.74, 6) is 0.220. The van der Waals surface area contributed by atoms with Crippen molar-refractivity contribution in [1.29, 1.82) is 0 Å². The Hall–Kier alpha value is -2.53. The van der Waals surface area contributed by atoms with Crippen LogP contribution in [0.1, 0.15) is 29.8 Å². The first-order valence-electron chi connectivity index (χ1n) is 6.91. The number of esters is 1. The van der Waals surface area contributed by atoms with E-state index in [1.165, 1.54) is 0 Å². The summed E-state index contributed by atoms with van der Waals surface area (Å²) in [5.41, 5.74) is 1.19. The monoisotopic (exact) mass is 300 g/mol. The molecule has 0 bridgehead atoms. The van der Waals surface area contributed by atoms with Gasteiger partial charge >= 0.3 is 5.97 Å². The second kappa shape index (κ2) is 5.35. The normalized spacial score (nSPS) is 15.5. The van der Waals surface area contributed by atoms with Gasteiger partial charge in [0.2, 0.25) is 5.79 Å². The third-order valence-corrected chi connectivity index (χ3v) is 3.21. The van der Waals surface area contributed by atoms with Gasteiger partial charge < -0.3 is 19.3 Å². The largest absolute Gasteiger partial charge is 0.457 e. The summed E-state index contributed by atoms with van der Waals surface area (Å²) in [7, 11) is 0. The van der Waals surface area contributed by atoms with Crippen LogP contribution in [0.25, 0.3) is 0 Å². The first kappa shape index (κ1) is 14.4. The molecule has 0 aliphatic carbocycles. The Kier molecular flexibility index (Phi) is 3.50. The molecular formula is C17H16O5. The Morgan fingerprint density at radius 1 is 1.05 bits per heavy atom. The van der Waals surface area contributed by atoms with Crippen molar-refractivity contribution in [3.63, 3.8) is 0 Å². The highest BCUT2D eigenvalue weighted by Crippen LogP contribution is 2.35. The van der Waals surface area contributed by atoms with Gasteiger partial charge in [0.05, 0.1) is 6.61 Å². The Morgan fingerprint density at radius 3 is 2.41 bits per heavy atom. The van der Waals surface area contributed by atoms with E-state index in [1.54, 1.807) is 56.3 Å². The highest BCUT2D eigenvalue weighted by molar-refractivity contribution is 5.93. The van der Waals surface area contributed by atoms with Crippen LogP contribution in [0.3, 0.4) is 0 Å². The van der Waals surface area contributed by atoms with Gasteiger partial charge in [0.1, 0.15) is 22.8 Å². The van der Waals surface area contributed by atoms with Crippen molar-refractivity contribution < 1.29 is 24.1 Å². The lowest BCUT2D eigenvalue weighted by molar-refractivity contribution is -0.127. The molecule has 3 rings (SSSR count). The summed E-state index contributed by atoms with van der Waals surface area (Å²) in [6.45, 7) is 3.34. The lowest BCUT2D eigenvalue weighted by atomic mass is 10.1. The van der Waals surface area contributed by atoms with Crippen molar-refractivity contribution in [2.75, 3.05) is 0 Å². The molecule has 0 atom stereocenters. The van der Waals surface area contributed by atoms with Gasteiger partial charge in [0.25, 0.3) is 0 Å². The number of carbonyl (C=O) groups is 1. The molecule has 0 saturated carbocycles. The molecule has 5 heteroatoms. The van der Waals surface area contributed by atoms with Gasteiger partial charge in [-0.3, -0.25) is 0 Å². The fraction of sp³-hybridized carbons (Fsp3) is 0.235. The van der Waals surface area contributed by atoms with E-state index in [2.05, 4.69) is 0 Å². The summed E-state index contributed by atoms with van der Waals surface area (Å²) in [6.07, 6.45) is 0. The number of hydrogen-bond acceptors (Lipinski definition) is 5. The number of ether oxygens (including phenoxy) is 3. The number of aliphatic hydroxyl groups excluding tert-OH is 1. The smallest absolute Gasteiger partial charge is 0.345 e. The van der Waals surface area contributed by atoms with Gasteiger partial charge in [0.15, 0.2) is 0 Å². The van der Waals surface area contributed by atoms with Gasteiger partial charge in [-0.15, -0.1) is 0 Å². The summed E-state index contributed by atoms with van der Waals surface area (Å²) >= 11 is 0. The van der Waals surface area contributed by atoms with Crippen LogP contribution in [-0.2, 0) is 11.3 Å². The van der Waals surface area contributed by atoms with E-state index in [1.807, 2.05) is 0 Å². The van der Waals surface area contributed by atoms with Crippen molar-refractivity contribution in [2.45, 2.75) is 26.2 Å². The van der Waals surface area contributed by atoms with Crippen molar-refractivity contribution in [3.05, 3.63) is 53.6 Å². The van der Waals surface area contributed by atoms with Crippen molar-refractivity contribution in [3.8, 4) is 17.2 Å². The van der Waals surface area contributed by atoms with E-state index >= 15 is 0 Å². The van der Waals surface area contributed by atoms with E-state index in [-0.39, 0.29) is 6.61 Å². The van der Waals surface area contributed by atoms with Gasteiger partial charge in [-0.25, -0.2) is 4.79 Å². The van der Waals surface area contributed by atoms with Crippen molar-refractivity contribution >= 4 is 5.97 Å². The highest BCUT2D eigenvalue weighted by atomic mass is 16.7. The van der Waals surface area contributed by atoms with Gasteiger partial charge in [0, 0.05) is 19.9 Å². The zero-order valence-electron chi connectivity index (χ0n) is 12.3. The molecular weight excluding hydrogens is 284 g/mol. The molecule has 0 spiro atoms. The predicted octanol–water partition coefficient (Wildman–Crippen LogP) is 3.26. The minimum atomic E-state index is -0.995. The molecule has 0 saturated heterocycles. The fourth-order valence-corrected chi connectivity index (χ4v) is 2.18. The van der Waals surface area contributed by atoms with Crippen LogP contribution in [0.4, 0.5) is 0 Å². The summed E-state index contributed by atoms with van der Waals surface area (Å²) in [5, 5.41) is 9.02. The number of benzene rings is 2. The maximum Gasteiger partial charge on any atom is 0.345 e. The van der Waals surface area contributed by atoms with E-state index in [4.69, 9.17) is 19.3 Å². The third kappa shape index (κ3) is 2.89. The Labute approximate surface area is 128 Å². The number of cyclic esters (lactones) is 1. The molecule has 0 unspecified atom stereocenters. The average molecular weight is 300 g/mol. The third-order valence-electron chi connectivity index (χ3n) is 3.21. The minimum Gasteiger partial charge on any atom is -0.457 e. The second-order valence-electron chi connectivity index (χ2n) is 5.45. The van der Waals surface area contributed by atoms with Crippen LogP contribution in [0, 0.1) is 0 Å². The zero-order chi connectivity index (χ0) is 15.7. The van der Waals surface area contributed by atoms with E-state index < -0.39 is 11.8 Å². The maximum atomic E-state index is 11.9. The summed E-state index contributed by atoms with van der Waals surface area (Å²) in [6, 6.07) is 12.1. The van der Waals surface area contributed by atoms with Gasteiger partial charge in [-0.2, -0.15) is 0 Å². The molecule has 22 heavy (non-hydrogen) atoms. The van der Waals surface area contributed by atoms with Crippen LogP contribution >= 0.6 is 0 Å². The number of carbonyl (C=O) groups excluding carboxylic acids is 1. The first-order valence-corrected chi connectivity index (χ1v) is 6.91. The maximum absolute atomic E-state index is 11.9. The molecule has 0 fully saturated rings. The van der Waals surface area contributed by atoms with Crippen LogP contribution in [0.5, 0.6) is 17.2 Å². The topological polar surface area (TPSA) is 65.0 Å². The highest BCUT2D eigenvalue weighted by Gasteiger charge is 2.33. The zero-order valence-corrected chi connectivity index (χ0v) is 12.3. The fourth-order valence-electron chi connectivity index (χ4n) is 2.18. The molecule has 1 heterocycles. The minimum absolute atomic E-state index is 0.00976. The lowest BCUT2D eigenvalue weighted by Gasteiger charge is -2.31. The molecule has 2 aromatic carbocycles. The standard InChI is InChI=1S/C17H16O5/c1-17(2)21-15-9-13(7-8-14(15)16(19)22-17)20-12-5-3-11(10-18)4-6-12/h3-9,18H,10H2,1-2H3. The molecule has 1 aliphatic heterocycles. The van der Waals surface area contributed by atoms with Gasteiger partial charge in [-0.1, -0.05) is 12.1 Å². The summed E-state index contributed by atoms with van der Waals surface area (Å²) in [4.78, 5) is 11.9. The quantitative estimate of drug-likeness (QED) is 0.881. The number of aliphatic hydroxyl groups is 1. The molecule has 0 aromatic heterocycles. The van der Waals surface area contributed by atoms with Crippen molar-refractivity contribution in [1.82, 2.24) is 0 Å². The molecule has 5 nitrogen and oxygen atoms in total. The van der Waals surface area contributed by atoms with E-state index in [0.29, 0.717) is 22.8 Å². The second-order valence-corrected chi connectivity index (χ2v) is 5.45. The van der Waals surface area contributed by atoms with Crippen molar-refractivity contribution in [2.24, 2.45) is 0 Å². The molecule has 114 valence electrons. The van der Waals surface area contributed by atoms with Crippen LogP contribution in [0.2, 0.25) is 0 Å². The van der Waals surface area contributed by atoms with Crippen LogP contribution in [0.15, 0.2) is 42.5 Å². The number of fused-ring (bicyclic) bond motifs is 1. The molecule has 0 amide bonds. The number of hydrogen-bond donors (Lipinski definition) is 1. The Bertz CT molecular complexity index is 703. The van der Waals surface area contributed by atoms with Crippen LogP contribution in [-0.4, -0.2) is 16.9 Å². The lowest BCUT2D eigenvalue weighted by Crippen LogP contribution is -2.38.